The number of aliphatic hydroxyl groups is 2. The Kier molecular flexibility index (Phi) is 9.31. The fourth-order valence-electron chi connectivity index (χ4n) is 3.19. The van der Waals surface area contributed by atoms with Crippen molar-refractivity contribution in [3.8, 4) is 5.75 Å². The second-order valence-electron chi connectivity index (χ2n) is 7.75. The Bertz CT molecular complexity index is 1200. The number of fused-ring (bicyclic) bond motifs is 1. The lowest BCUT2D eigenvalue weighted by Gasteiger charge is -2.28. The number of carbonyl (C=O) groups is 1. The molecule has 14 nitrogen and oxygen atoms in total. The van der Waals surface area contributed by atoms with Crippen molar-refractivity contribution in [3.63, 3.8) is 0 Å². The Morgan fingerprint density at radius 2 is 1.94 bits per heavy atom. The number of aliphatic hydroxyl groups excluding tert-OH is 2. The van der Waals surface area contributed by atoms with E-state index in [9.17, 15) is 19.6 Å². The Hall–Kier alpha value is -3.13. The number of benzene rings is 1. The van der Waals surface area contributed by atoms with Gasteiger partial charge in [-0.15, -0.1) is 0 Å². The summed E-state index contributed by atoms with van der Waals surface area (Å²) in [6.45, 7) is 2.16. The Morgan fingerprint density at radius 3 is 2.61 bits per heavy atom. The first-order chi connectivity index (χ1) is 17.2. The van der Waals surface area contributed by atoms with Crippen LogP contribution in [0.25, 0.3) is 11.2 Å². The molecule has 0 amide bonds. The molecule has 0 aliphatic carbocycles. The smallest absolute Gasteiger partial charge is 0.459 e. The van der Waals surface area contributed by atoms with E-state index in [1.165, 1.54) is 31.3 Å². The fourth-order valence-corrected chi connectivity index (χ4v) is 4.86. The van der Waals surface area contributed by atoms with E-state index >= 15 is 0 Å². The van der Waals surface area contributed by atoms with Crippen molar-refractivity contribution in [1.29, 1.82) is 0 Å². The van der Waals surface area contributed by atoms with Crippen molar-refractivity contribution in [2.45, 2.75) is 38.3 Å². The van der Waals surface area contributed by atoms with Gasteiger partial charge in [0.15, 0.2) is 17.7 Å². The zero-order valence-electron chi connectivity index (χ0n) is 19.9. The molecule has 3 aromatic rings. The van der Waals surface area contributed by atoms with Crippen LogP contribution < -0.4 is 15.3 Å². The molecule has 0 aliphatic heterocycles. The van der Waals surface area contributed by atoms with Crippen LogP contribution in [-0.2, 0) is 23.4 Å². The van der Waals surface area contributed by atoms with Gasteiger partial charge in [-0.2, -0.15) is 5.09 Å². The largest absolute Gasteiger partial charge is 0.468 e. The van der Waals surface area contributed by atoms with Crippen LogP contribution >= 0.6 is 7.75 Å². The molecule has 0 saturated heterocycles. The van der Waals surface area contributed by atoms with Crippen molar-refractivity contribution >= 4 is 30.7 Å². The summed E-state index contributed by atoms with van der Waals surface area (Å²) in [6, 6.07) is 7.26. The molecule has 0 spiro atoms. The number of nitrogens with zero attached hydrogens (tertiary/aromatic N) is 4. The highest BCUT2D eigenvalue weighted by atomic mass is 31.2. The Labute approximate surface area is 207 Å². The number of carbonyl (C=O) groups excluding carboxylic acids is 1. The summed E-state index contributed by atoms with van der Waals surface area (Å²) in [6.07, 6.45) is -0.810. The Balaban J connectivity index is 1.77. The van der Waals surface area contributed by atoms with Crippen molar-refractivity contribution in [2.75, 3.05) is 26.1 Å². The van der Waals surface area contributed by atoms with Crippen LogP contribution in [-0.4, -0.2) is 74.3 Å². The molecular formula is C21H29N6O8P. The van der Waals surface area contributed by atoms with E-state index < -0.39 is 44.8 Å². The third-order valence-corrected chi connectivity index (χ3v) is 6.67. The van der Waals surface area contributed by atoms with Crippen molar-refractivity contribution in [1.82, 2.24) is 24.6 Å². The van der Waals surface area contributed by atoms with Crippen molar-refractivity contribution < 1.29 is 38.1 Å². The fraction of sp³-hybridized carbons (Fsp3) is 0.429. The summed E-state index contributed by atoms with van der Waals surface area (Å²) in [4.78, 5) is 24.0. The minimum atomic E-state index is -4.12. The van der Waals surface area contributed by atoms with E-state index in [1.807, 2.05) is 0 Å². The number of aromatic nitrogens is 4. The number of nitrogens with one attached hydrogen (secondary N) is 1. The highest BCUT2D eigenvalue weighted by Gasteiger charge is 2.34. The number of rotatable bonds is 13. The van der Waals surface area contributed by atoms with E-state index in [0.29, 0.717) is 5.52 Å². The molecule has 5 atom stereocenters. The highest BCUT2D eigenvalue weighted by molar-refractivity contribution is 7.52. The molecule has 2 heterocycles. The number of hydrogen-bond acceptors (Lipinski definition) is 12. The van der Waals surface area contributed by atoms with Crippen LogP contribution in [0.2, 0.25) is 0 Å². The molecule has 1 aromatic carbocycles. The van der Waals surface area contributed by atoms with E-state index in [2.05, 4.69) is 24.8 Å². The first-order valence-corrected chi connectivity index (χ1v) is 12.4. The van der Waals surface area contributed by atoms with Gasteiger partial charge < -0.3 is 29.9 Å². The van der Waals surface area contributed by atoms with Gasteiger partial charge in [0, 0.05) is 0 Å². The minimum Gasteiger partial charge on any atom is -0.468 e. The first kappa shape index (κ1) is 27.5. The summed E-state index contributed by atoms with van der Waals surface area (Å²) >= 11 is 0. The minimum absolute atomic E-state index is 0.137. The van der Waals surface area contributed by atoms with Crippen LogP contribution in [0.1, 0.15) is 20.1 Å². The normalized spacial score (nSPS) is 16.6. The number of ether oxygens (including phenoxy) is 2. The van der Waals surface area contributed by atoms with E-state index in [1.54, 1.807) is 37.3 Å². The molecule has 0 radical (unpaired) electrons. The summed E-state index contributed by atoms with van der Waals surface area (Å²) in [5, 5.41) is 22.5. The maximum absolute atomic E-state index is 13.5. The van der Waals surface area contributed by atoms with Gasteiger partial charge in [0.1, 0.15) is 29.7 Å². The topological polar surface area (TPSA) is 193 Å². The lowest BCUT2D eigenvalue weighted by atomic mass is 10.3. The predicted octanol–water partition coefficient (Wildman–Crippen LogP) is 1.02. The second kappa shape index (κ2) is 12.2. The molecule has 2 unspecified atom stereocenters. The number of nitrogens with two attached hydrogens (primary N) is 1. The van der Waals surface area contributed by atoms with Gasteiger partial charge in [-0.25, -0.2) is 19.5 Å². The molecule has 0 fully saturated rings. The second-order valence-corrected chi connectivity index (χ2v) is 9.40. The molecule has 196 valence electrons. The summed E-state index contributed by atoms with van der Waals surface area (Å²) in [5.41, 5.74) is 6.39. The molecule has 5 N–H and O–H groups in total. The van der Waals surface area contributed by atoms with Crippen molar-refractivity contribution in [3.05, 3.63) is 43.0 Å². The third-order valence-electron chi connectivity index (χ3n) is 4.87. The van der Waals surface area contributed by atoms with E-state index in [0.717, 1.165) is 0 Å². The quantitative estimate of drug-likeness (QED) is 0.183. The lowest BCUT2D eigenvalue weighted by molar-refractivity contribution is -0.142. The zero-order chi connectivity index (χ0) is 26.3. The molecule has 2 aromatic heterocycles. The maximum atomic E-state index is 13.5. The zero-order valence-corrected chi connectivity index (χ0v) is 20.8. The number of para-hydroxylation sites is 1. The molecule has 0 bridgehead atoms. The SMILES string of the molecule is COC(=O)[C@H](C)NP(=O)(Oc1ccccc1)OC(C)CO[C@H]([C@H](O)CO)n1cnc2c(N)ncnc21. The lowest BCUT2D eigenvalue weighted by Crippen LogP contribution is -2.36. The number of hydrogen-bond donors (Lipinski definition) is 4. The average Bonchev–Trinajstić information content (AvgIpc) is 3.29. The molecular weight excluding hydrogens is 495 g/mol. The highest BCUT2D eigenvalue weighted by Crippen LogP contribution is 2.46. The number of nitrogen functional groups attached to an aromatic ring is 1. The first-order valence-electron chi connectivity index (χ1n) is 10.9. The third kappa shape index (κ3) is 6.75. The van der Waals surface area contributed by atoms with Crippen LogP contribution in [0.3, 0.4) is 0 Å². The van der Waals surface area contributed by atoms with E-state index in [-0.39, 0.29) is 23.8 Å². The summed E-state index contributed by atoms with van der Waals surface area (Å²) in [5.74, 6) is -0.287. The standard InChI is InChI=1S/C21H29N6O8P/c1-13(34-36(31,26-14(2)21(30)32-3)35-15-7-5-4-6-8-15)10-33-20(16(29)9-28)27-12-25-17-18(22)23-11-24-19(17)27/h4-8,11-14,16,20,28-29H,9-10H2,1-3H3,(H,26,31)(H2,22,23,24)/t13?,14-,16+,20+,36?/m0/s1. The summed E-state index contributed by atoms with van der Waals surface area (Å²) in [7, 11) is -2.92. The van der Waals surface area contributed by atoms with E-state index in [4.69, 9.17) is 19.5 Å². The number of methoxy groups -OCH3 is 1. The van der Waals surface area contributed by atoms with Gasteiger partial charge in [-0.05, 0) is 26.0 Å². The van der Waals surface area contributed by atoms with Gasteiger partial charge in [-0.1, -0.05) is 18.2 Å². The van der Waals surface area contributed by atoms with Crippen LogP contribution in [0.4, 0.5) is 5.82 Å². The van der Waals surface area contributed by atoms with Crippen LogP contribution in [0.5, 0.6) is 5.75 Å². The monoisotopic (exact) mass is 524 g/mol. The van der Waals surface area contributed by atoms with Crippen LogP contribution in [0.15, 0.2) is 43.0 Å². The van der Waals surface area contributed by atoms with Crippen LogP contribution in [0, 0.1) is 0 Å². The van der Waals surface area contributed by atoms with Gasteiger partial charge in [-0.3, -0.25) is 13.9 Å². The number of anilines is 1. The predicted molar refractivity (Wildman–Crippen MR) is 128 cm³/mol. The molecule has 36 heavy (non-hydrogen) atoms. The molecule has 0 aliphatic rings. The molecule has 15 heteroatoms. The van der Waals surface area contributed by atoms with Crippen molar-refractivity contribution in [2.24, 2.45) is 0 Å². The van der Waals surface area contributed by atoms with Gasteiger partial charge in [0.05, 0.1) is 32.8 Å². The number of esters is 1. The van der Waals surface area contributed by atoms with Gasteiger partial charge in [0.25, 0.3) is 0 Å². The summed E-state index contributed by atoms with van der Waals surface area (Å²) < 4.78 is 36.7. The number of imidazole rings is 1. The van der Waals surface area contributed by atoms with Gasteiger partial charge >= 0.3 is 13.7 Å². The van der Waals surface area contributed by atoms with Gasteiger partial charge in [0.2, 0.25) is 0 Å². The Morgan fingerprint density at radius 1 is 1.22 bits per heavy atom. The molecule has 0 saturated carbocycles. The molecule has 3 rings (SSSR count). The average molecular weight is 524 g/mol. The maximum Gasteiger partial charge on any atom is 0.459 e.